The third-order valence-electron chi connectivity index (χ3n) is 3.17. The Hall–Kier alpha value is -1.33. The van der Waals surface area contributed by atoms with Crippen molar-refractivity contribution in [3.05, 3.63) is 22.8 Å². The lowest BCUT2D eigenvalue weighted by atomic mass is 10.1. The number of hydrogen-bond acceptors (Lipinski definition) is 4. The number of anilines is 1. The van der Waals surface area contributed by atoms with Gasteiger partial charge < -0.3 is 15.4 Å². The highest BCUT2D eigenvalue weighted by Crippen LogP contribution is 2.18. The smallest absolute Gasteiger partial charge is 0.273 e. The Kier molecular flexibility index (Phi) is 4.61. The average molecular weight is 284 g/mol. The predicted molar refractivity (Wildman–Crippen MR) is 74.2 cm³/mol. The number of likely N-dealkylation sites (N-methyl/N-ethyl adjacent to an activating group) is 1. The summed E-state index contributed by atoms with van der Waals surface area (Å²) >= 11 is 5.98. The van der Waals surface area contributed by atoms with Crippen molar-refractivity contribution in [3.63, 3.8) is 0 Å². The normalized spacial score (nSPS) is 19.2. The first-order valence-electron chi connectivity index (χ1n) is 6.37. The first kappa shape index (κ1) is 14.1. The molecule has 1 atom stereocenters. The molecule has 1 amide bonds. The number of ether oxygens (including phenoxy) is 1. The van der Waals surface area contributed by atoms with Crippen molar-refractivity contribution in [1.29, 1.82) is 0 Å². The van der Waals surface area contributed by atoms with Gasteiger partial charge in [0, 0.05) is 20.2 Å². The van der Waals surface area contributed by atoms with Crippen molar-refractivity contribution in [2.75, 3.05) is 25.9 Å². The number of amides is 1. The van der Waals surface area contributed by atoms with Crippen LogP contribution < -0.4 is 5.73 Å². The van der Waals surface area contributed by atoms with E-state index in [1.165, 1.54) is 0 Å². The zero-order valence-corrected chi connectivity index (χ0v) is 11.7. The van der Waals surface area contributed by atoms with Gasteiger partial charge in [-0.3, -0.25) is 4.79 Å². The van der Waals surface area contributed by atoms with Crippen LogP contribution in [0, 0.1) is 0 Å². The first-order valence-corrected chi connectivity index (χ1v) is 6.75. The van der Waals surface area contributed by atoms with Crippen molar-refractivity contribution in [2.45, 2.75) is 25.4 Å². The van der Waals surface area contributed by atoms with Gasteiger partial charge in [-0.1, -0.05) is 11.6 Å². The molecule has 0 bridgehead atoms. The van der Waals surface area contributed by atoms with Crippen LogP contribution in [0.2, 0.25) is 5.02 Å². The van der Waals surface area contributed by atoms with Gasteiger partial charge in [0.25, 0.3) is 5.91 Å². The van der Waals surface area contributed by atoms with Gasteiger partial charge in [0.05, 0.1) is 11.1 Å². The predicted octanol–water partition coefficient (Wildman–Crippen LogP) is 1.96. The highest BCUT2D eigenvalue weighted by Gasteiger charge is 2.22. The number of carbonyl (C=O) groups excluding carboxylic acids is 1. The number of nitrogen functional groups attached to an aromatic ring is 1. The fourth-order valence-corrected chi connectivity index (χ4v) is 2.31. The third kappa shape index (κ3) is 3.58. The van der Waals surface area contributed by atoms with Gasteiger partial charge in [-0.05, 0) is 31.4 Å². The van der Waals surface area contributed by atoms with Crippen molar-refractivity contribution in [1.82, 2.24) is 9.88 Å². The van der Waals surface area contributed by atoms with Crippen LogP contribution >= 0.6 is 11.6 Å². The molecule has 1 aromatic heterocycles. The van der Waals surface area contributed by atoms with Gasteiger partial charge in [0.1, 0.15) is 11.5 Å². The molecule has 6 heteroatoms. The average Bonchev–Trinajstić information content (AvgIpc) is 2.42. The third-order valence-corrected chi connectivity index (χ3v) is 3.47. The van der Waals surface area contributed by atoms with E-state index in [0.29, 0.717) is 11.6 Å². The second-order valence-electron chi connectivity index (χ2n) is 4.74. The maximum Gasteiger partial charge on any atom is 0.273 e. The lowest BCUT2D eigenvalue weighted by molar-refractivity contribution is -0.000283. The van der Waals surface area contributed by atoms with Crippen LogP contribution in [-0.2, 0) is 4.74 Å². The molecule has 1 aromatic rings. The number of pyridine rings is 1. The monoisotopic (exact) mass is 283 g/mol. The Morgan fingerprint density at radius 2 is 2.37 bits per heavy atom. The Bertz CT molecular complexity index is 461. The summed E-state index contributed by atoms with van der Waals surface area (Å²) in [6.45, 7) is 1.32. The fraction of sp³-hybridized carbons (Fsp3) is 0.538. The van der Waals surface area contributed by atoms with Gasteiger partial charge in [-0.15, -0.1) is 0 Å². The molecular weight excluding hydrogens is 266 g/mol. The van der Waals surface area contributed by atoms with E-state index < -0.39 is 0 Å². The molecule has 0 aromatic carbocycles. The maximum atomic E-state index is 12.3. The summed E-state index contributed by atoms with van der Waals surface area (Å²) in [5, 5.41) is 0.315. The molecule has 5 nitrogen and oxygen atoms in total. The first-order chi connectivity index (χ1) is 9.08. The van der Waals surface area contributed by atoms with Crippen LogP contribution in [-0.4, -0.2) is 42.1 Å². The minimum absolute atomic E-state index is 0.0996. The van der Waals surface area contributed by atoms with E-state index in [9.17, 15) is 4.79 Å². The lowest BCUT2D eigenvalue weighted by Crippen LogP contribution is -2.37. The van der Waals surface area contributed by atoms with Gasteiger partial charge in [0.15, 0.2) is 0 Å². The van der Waals surface area contributed by atoms with Gasteiger partial charge in [-0.2, -0.15) is 0 Å². The zero-order valence-electron chi connectivity index (χ0n) is 10.9. The number of hydrogen-bond donors (Lipinski definition) is 1. The minimum atomic E-state index is -0.230. The molecule has 1 aliphatic rings. The van der Waals surface area contributed by atoms with E-state index in [2.05, 4.69) is 4.98 Å². The van der Waals surface area contributed by atoms with Crippen molar-refractivity contribution in [3.8, 4) is 0 Å². The van der Waals surface area contributed by atoms with Crippen LogP contribution in [0.5, 0.6) is 0 Å². The summed E-state index contributed by atoms with van der Waals surface area (Å²) in [6, 6.07) is 3.16. The molecule has 0 saturated carbocycles. The molecule has 2 heterocycles. The molecule has 0 spiro atoms. The molecular formula is C13H18ClN3O2. The van der Waals surface area contributed by atoms with Crippen LogP contribution in [0.4, 0.5) is 5.82 Å². The van der Waals surface area contributed by atoms with Crippen LogP contribution in [0.15, 0.2) is 12.1 Å². The second kappa shape index (κ2) is 6.21. The van der Waals surface area contributed by atoms with E-state index in [-0.39, 0.29) is 23.5 Å². The fourth-order valence-electron chi connectivity index (χ4n) is 2.13. The maximum absolute atomic E-state index is 12.3. The van der Waals surface area contributed by atoms with Crippen LogP contribution in [0.3, 0.4) is 0 Å². The molecule has 1 saturated heterocycles. The Morgan fingerprint density at radius 1 is 1.58 bits per heavy atom. The van der Waals surface area contributed by atoms with Crippen LogP contribution in [0.1, 0.15) is 29.8 Å². The van der Waals surface area contributed by atoms with Crippen LogP contribution in [0.25, 0.3) is 0 Å². The highest BCUT2D eigenvalue weighted by molar-refractivity contribution is 6.33. The molecule has 2 rings (SSSR count). The Labute approximate surface area is 117 Å². The number of aromatic nitrogens is 1. The quantitative estimate of drug-likeness (QED) is 0.921. The number of nitrogens with two attached hydrogens (primary N) is 1. The molecule has 19 heavy (non-hydrogen) atoms. The number of nitrogens with zero attached hydrogens (tertiary/aromatic N) is 2. The number of rotatable bonds is 3. The number of carbonyl (C=O) groups is 1. The van der Waals surface area contributed by atoms with Crippen molar-refractivity contribution in [2.24, 2.45) is 0 Å². The summed E-state index contributed by atoms with van der Waals surface area (Å²) in [6.07, 6.45) is 3.32. The standard InChI is InChI=1S/C13H18ClN3O2/c1-17(8-9-4-2-3-7-19-9)13(18)12-10(14)5-6-11(15)16-12/h5-6,9H,2-4,7-8H2,1H3,(H2,15,16). The summed E-state index contributed by atoms with van der Waals surface area (Å²) in [7, 11) is 1.72. The topological polar surface area (TPSA) is 68.5 Å². The summed E-state index contributed by atoms with van der Waals surface area (Å²) in [5.41, 5.74) is 5.78. The summed E-state index contributed by atoms with van der Waals surface area (Å²) in [4.78, 5) is 17.8. The molecule has 104 valence electrons. The second-order valence-corrected chi connectivity index (χ2v) is 5.15. The zero-order chi connectivity index (χ0) is 13.8. The largest absolute Gasteiger partial charge is 0.384 e. The summed E-state index contributed by atoms with van der Waals surface area (Å²) < 4.78 is 5.62. The van der Waals surface area contributed by atoms with E-state index in [4.69, 9.17) is 22.1 Å². The van der Waals surface area contributed by atoms with E-state index >= 15 is 0 Å². The molecule has 1 fully saturated rings. The number of halogens is 1. The summed E-state index contributed by atoms with van der Waals surface area (Å²) in [5.74, 6) is 0.0570. The Morgan fingerprint density at radius 3 is 3.05 bits per heavy atom. The highest BCUT2D eigenvalue weighted by atomic mass is 35.5. The van der Waals surface area contributed by atoms with E-state index in [0.717, 1.165) is 25.9 Å². The SMILES string of the molecule is CN(CC1CCCCO1)C(=O)c1nc(N)ccc1Cl. The molecule has 2 N–H and O–H groups in total. The molecule has 1 aliphatic heterocycles. The van der Waals surface area contributed by atoms with E-state index in [1.54, 1.807) is 24.1 Å². The van der Waals surface area contributed by atoms with E-state index in [1.807, 2.05) is 0 Å². The van der Waals surface area contributed by atoms with Gasteiger partial charge in [-0.25, -0.2) is 4.98 Å². The molecule has 0 aliphatic carbocycles. The molecule has 1 unspecified atom stereocenters. The minimum Gasteiger partial charge on any atom is -0.384 e. The lowest BCUT2D eigenvalue weighted by Gasteiger charge is -2.27. The van der Waals surface area contributed by atoms with Crippen molar-refractivity contribution < 1.29 is 9.53 Å². The van der Waals surface area contributed by atoms with Crippen molar-refractivity contribution >= 4 is 23.3 Å². The van der Waals surface area contributed by atoms with Gasteiger partial charge >= 0.3 is 0 Å². The van der Waals surface area contributed by atoms with Gasteiger partial charge in [0.2, 0.25) is 0 Å². The Balaban J connectivity index is 2.03. The molecule has 0 radical (unpaired) electrons.